The maximum Gasteiger partial charge on any atom is 0.330 e. The van der Waals surface area contributed by atoms with Crippen molar-refractivity contribution in [3.05, 3.63) is 61.8 Å². The van der Waals surface area contributed by atoms with Crippen molar-refractivity contribution in [3.63, 3.8) is 0 Å². The van der Waals surface area contributed by atoms with E-state index in [1.54, 1.807) is 0 Å². The minimum Gasteiger partial charge on any atom is -0.494 e. The molecule has 8 nitrogen and oxygen atoms in total. The first kappa shape index (κ1) is 18.6. The Labute approximate surface area is 155 Å². The Morgan fingerprint density at radius 3 is 2.44 bits per heavy atom. The van der Waals surface area contributed by atoms with Crippen molar-refractivity contribution in [2.45, 2.75) is 39.2 Å². The van der Waals surface area contributed by atoms with E-state index in [1.165, 1.54) is 24.5 Å². The van der Waals surface area contributed by atoms with E-state index < -0.39 is 17.1 Å². The Hall–Kier alpha value is -3.16. The second-order valence-corrected chi connectivity index (χ2v) is 6.97. The lowest BCUT2D eigenvalue weighted by Crippen LogP contribution is -2.32. The molecule has 27 heavy (non-hydrogen) atoms. The van der Waals surface area contributed by atoms with E-state index in [0.717, 1.165) is 10.1 Å². The molecule has 1 aromatic heterocycles. The van der Waals surface area contributed by atoms with Gasteiger partial charge in [-0.2, -0.15) is 5.10 Å². The SMILES string of the molecule is CC(=O)N1N=C(c2c(O)n(C)c(=O)[nH]c2=O)C[C@@H]1c1ccc(C(C)C)cc1. The first-order chi connectivity index (χ1) is 12.7. The number of benzene rings is 1. The van der Waals surface area contributed by atoms with Crippen LogP contribution in [0.25, 0.3) is 0 Å². The minimum absolute atomic E-state index is 0.0929. The number of aromatic hydroxyl groups is 1. The fraction of sp³-hybridized carbons (Fsp3) is 0.368. The number of nitrogens with zero attached hydrogens (tertiary/aromatic N) is 3. The number of carbonyl (C=O) groups is 1. The molecular formula is C19H22N4O4. The van der Waals surface area contributed by atoms with E-state index in [0.29, 0.717) is 5.92 Å². The third kappa shape index (κ3) is 3.30. The highest BCUT2D eigenvalue weighted by molar-refractivity contribution is 6.04. The molecule has 2 aromatic rings. The zero-order valence-electron chi connectivity index (χ0n) is 15.7. The molecule has 1 aromatic carbocycles. The molecule has 142 valence electrons. The maximum atomic E-state index is 12.2. The van der Waals surface area contributed by atoms with Crippen molar-refractivity contribution in [2.24, 2.45) is 12.1 Å². The van der Waals surface area contributed by atoms with Crippen molar-refractivity contribution >= 4 is 11.6 Å². The molecule has 0 bridgehead atoms. The van der Waals surface area contributed by atoms with Gasteiger partial charge in [-0.25, -0.2) is 9.80 Å². The number of nitrogens with one attached hydrogen (secondary N) is 1. The average Bonchev–Trinajstić information content (AvgIpc) is 3.05. The van der Waals surface area contributed by atoms with E-state index in [4.69, 9.17) is 0 Å². The Morgan fingerprint density at radius 2 is 1.89 bits per heavy atom. The lowest BCUT2D eigenvalue weighted by Gasteiger charge is -2.21. The summed E-state index contributed by atoms with van der Waals surface area (Å²) in [5, 5.41) is 15.8. The van der Waals surface area contributed by atoms with Crippen LogP contribution in [0.2, 0.25) is 0 Å². The van der Waals surface area contributed by atoms with Crippen LogP contribution in [-0.4, -0.2) is 31.3 Å². The molecule has 0 saturated carbocycles. The molecule has 0 fully saturated rings. The number of hydrazone groups is 1. The smallest absolute Gasteiger partial charge is 0.330 e. The van der Waals surface area contributed by atoms with Gasteiger partial charge in [0.2, 0.25) is 11.8 Å². The molecule has 1 aliphatic heterocycles. The quantitative estimate of drug-likeness (QED) is 0.855. The summed E-state index contributed by atoms with van der Waals surface area (Å²) in [6.07, 6.45) is 0.259. The molecule has 0 radical (unpaired) electrons. The predicted molar refractivity (Wildman–Crippen MR) is 101 cm³/mol. The van der Waals surface area contributed by atoms with E-state index in [1.807, 2.05) is 24.3 Å². The summed E-state index contributed by atoms with van der Waals surface area (Å²) >= 11 is 0. The van der Waals surface area contributed by atoms with E-state index in [2.05, 4.69) is 23.9 Å². The van der Waals surface area contributed by atoms with Gasteiger partial charge in [0, 0.05) is 20.4 Å². The number of carbonyl (C=O) groups excluding carboxylic acids is 1. The highest BCUT2D eigenvalue weighted by atomic mass is 16.3. The summed E-state index contributed by atoms with van der Waals surface area (Å²) in [6, 6.07) is 7.52. The Morgan fingerprint density at radius 1 is 1.26 bits per heavy atom. The highest BCUT2D eigenvalue weighted by Gasteiger charge is 2.34. The van der Waals surface area contributed by atoms with Gasteiger partial charge >= 0.3 is 5.69 Å². The Kier molecular flexibility index (Phi) is 4.73. The topological polar surface area (TPSA) is 108 Å². The standard InChI is InChI=1S/C19H22N4O4/c1-10(2)12-5-7-13(8-6-12)15-9-14(21-23(15)11(3)24)16-17(25)20-19(27)22(4)18(16)26/h5-8,10,15,26H,9H2,1-4H3,(H,20,25,27)/t15-/m1/s1. The average molecular weight is 370 g/mol. The number of hydrogen-bond donors (Lipinski definition) is 2. The monoisotopic (exact) mass is 370 g/mol. The zero-order chi connectivity index (χ0) is 19.9. The van der Waals surface area contributed by atoms with Gasteiger partial charge in [-0.3, -0.25) is 19.1 Å². The highest BCUT2D eigenvalue weighted by Crippen LogP contribution is 2.34. The van der Waals surface area contributed by atoms with Crippen LogP contribution in [0.3, 0.4) is 0 Å². The molecule has 2 N–H and O–H groups in total. The van der Waals surface area contributed by atoms with Crippen molar-refractivity contribution in [1.29, 1.82) is 0 Å². The molecule has 2 heterocycles. The summed E-state index contributed by atoms with van der Waals surface area (Å²) in [5.41, 5.74) is 0.786. The van der Waals surface area contributed by atoms with Crippen molar-refractivity contribution in [1.82, 2.24) is 14.6 Å². The van der Waals surface area contributed by atoms with E-state index in [9.17, 15) is 19.5 Å². The molecule has 0 spiro atoms. The van der Waals surface area contributed by atoms with Crippen LogP contribution in [0.15, 0.2) is 39.0 Å². The molecule has 8 heteroatoms. The van der Waals surface area contributed by atoms with Crippen molar-refractivity contribution in [2.75, 3.05) is 0 Å². The molecule has 0 aliphatic carbocycles. The van der Waals surface area contributed by atoms with Crippen molar-refractivity contribution in [3.8, 4) is 5.88 Å². The fourth-order valence-corrected chi connectivity index (χ4v) is 3.18. The number of aromatic nitrogens is 2. The van der Waals surface area contributed by atoms with Crippen LogP contribution in [0.1, 0.15) is 55.8 Å². The summed E-state index contributed by atoms with van der Waals surface area (Å²) < 4.78 is 0.933. The van der Waals surface area contributed by atoms with Gasteiger partial charge in [-0.15, -0.1) is 0 Å². The van der Waals surface area contributed by atoms with Gasteiger partial charge in [0.05, 0.1) is 11.8 Å². The Bertz CT molecular complexity index is 1030. The van der Waals surface area contributed by atoms with Crippen LogP contribution in [-0.2, 0) is 11.8 Å². The molecule has 0 unspecified atom stereocenters. The summed E-state index contributed by atoms with van der Waals surface area (Å²) in [4.78, 5) is 38.1. The lowest BCUT2D eigenvalue weighted by molar-refractivity contribution is -0.130. The first-order valence-corrected chi connectivity index (χ1v) is 8.70. The van der Waals surface area contributed by atoms with E-state index in [-0.39, 0.29) is 29.6 Å². The zero-order valence-corrected chi connectivity index (χ0v) is 15.7. The van der Waals surface area contributed by atoms with Gasteiger partial charge < -0.3 is 5.11 Å². The molecule has 1 amide bonds. The van der Waals surface area contributed by atoms with E-state index >= 15 is 0 Å². The molecule has 3 rings (SSSR count). The lowest BCUT2D eigenvalue weighted by atomic mass is 9.96. The van der Waals surface area contributed by atoms with Gasteiger partial charge in [0.15, 0.2) is 0 Å². The van der Waals surface area contributed by atoms with Crippen LogP contribution in [0.4, 0.5) is 0 Å². The second-order valence-electron chi connectivity index (χ2n) is 6.97. The summed E-state index contributed by atoms with van der Waals surface area (Å²) in [5.74, 6) is -0.357. The summed E-state index contributed by atoms with van der Waals surface area (Å²) in [6.45, 7) is 5.59. The number of amides is 1. The van der Waals surface area contributed by atoms with Crippen LogP contribution >= 0.6 is 0 Å². The largest absolute Gasteiger partial charge is 0.494 e. The third-order valence-electron chi connectivity index (χ3n) is 4.80. The van der Waals surface area contributed by atoms with Gasteiger partial charge in [-0.1, -0.05) is 38.1 Å². The van der Waals surface area contributed by atoms with Crippen molar-refractivity contribution < 1.29 is 9.90 Å². The number of hydrogen-bond acceptors (Lipinski definition) is 5. The van der Waals surface area contributed by atoms with Gasteiger partial charge in [0.1, 0.15) is 5.56 Å². The fourth-order valence-electron chi connectivity index (χ4n) is 3.18. The second kappa shape index (κ2) is 6.86. The molecule has 0 saturated heterocycles. The number of H-pyrrole nitrogens is 1. The number of rotatable bonds is 3. The van der Waals surface area contributed by atoms with Crippen LogP contribution < -0.4 is 11.2 Å². The van der Waals surface area contributed by atoms with Gasteiger partial charge in [0.25, 0.3) is 5.56 Å². The number of aromatic amines is 1. The van der Waals surface area contributed by atoms with Gasteiger partial charge in [-0.05, 0) is 17.0 Å². The molecule has 1 aliphatic rings. The molecule has 1 atom stereocenters. The predicted octanol–water partition coefficient (Wildman–Crippen LogP) is 1.60. The minimum atomic E-state index is -0.728. The first-order valence-electron chi connectivity index (χ1n) is 8.70. The normalized spacial score (nSPS) is 16.7. The maximum absolute atomic E-state index is 12.2. The molecular weight excluding hydrogens is 348 g/mol. The third-order valence-corrected chi connectivity index (χ3v) is 4.80. The Balaban J connectivity index is 2.03. The summed E-state index contributed by atoms with van der Waals surface area (Å²) in [7, 11) is 1.34. The van der Waals surface area contributed by atoms with Crippen LogP contribution in [0.5, 0.6) is 5.88 Å². The van der Waals surface area contributed by atoms with Crippen LogP contribution in [0, 0.1) is 0 Å².